The van der Waals surface area contributed by atoms with Gasteiger partial charge in [-0.15, -0.1) is 0 Å². The van der Waals surface area contributed by atoms with Crippen molar-refractivity contribution in [3.8, 4) is 5.75 Å². The molecule has 4 nitrogen and oxygen atoms in total. The Morgan fingerprint density at radius 1 is 0.917 bits per heavy atom. The molecule has 0 saturated carbocycles. The van der Waals surface area contributed by atoms with Gasteiger partial charge in [-0.05, 0) is 24.3 Å². The Morgan fingerprint density at radius 2 is 1.38 bits per heavy atom. The van der Waals surface area contributed by atoms with Crippen molar-refractivity contribution in [2.24, 2.45) is 0 Å². The first kappa shape index (κ1) is 17.1. The van der Waals surface area contributed by atoms with Crippen LogP contribution < -0.4 is 4.18 Å². The summed E-state index contributed by atoms with van der Waals surface area (Å²) in [4.78, 5) is 4.21. The lowest BCUT2D eigenvalue weighted by atomic mass is 10.1. The molecule has 0 atom stereocenters. The quantitative estimate of drug-likeness (QED) is 0.351. The molecule has 1 aromatic heterocycles. The number of hydrogen-bond donors (Lipinski definition) is 0. The highest BCUT2D eigenvalue weighted by atomic mass is 35.5. The number of hydrogen-bond acceptors (Lipinski definition) is 4. The topological polar surface area (TPSA) is 56.3 Å². The fraction of sp³-hybridized carbons (Fsp3) is 0.0714. The molecule has 0 amide bonds. The summed E-state index contributed by atoms with van der Waals surface area (Å²) >= 11 is 12.0. The number of alkyl halides is 3. The van der Waals surface area contributed by atoms with Crippen molar-refractivity contribution in [3.63, 3.8) is 0 Å². The lowest BCUT2D eigenvalue weighted by Crippen LogP contribution is -2.28. The number of fused-ring (bicyclic) bond motifs is 2. The molecule has 24 heavy (non-hydrogen) atoms. The van der Waals surface area contributed by atoms with Gasteiger partial charge in [0, 0.05) is 10.8 Å². The fourth-order valence-electron chi connectivity index (χ4n) is 2.13. The van der Waals surface area contributed by atoms with Crippen LogP contribution >= 0.6 is 23.2 Å². The second-order valence-corrected chi connectivity index (χ2v) is 7.05. The zero-order valence-corrected chi connectivity index (χ0v) is 13.8. The highest BCUT2D eigenvalue weighted by Gasteiger charge is 2.49. The molecule has 0 saturated heterocycles. The van der Waals surface area contributed by atoms with Crippen molar-refractivity contribution in [3.05, 3.63) is 46.4 Å². The van der Waals surface area contributed by atoms with Crippen molar-refractivity contribution >= 4 is 55.1 Å². The van der Waals surface area contributed by atoms with Crippen LogP contribution in [0.2, 0.25) is 10.0 Å². The smallest absolute Gasteiger partial charge is 0.375 e. The highest BCUT2D eigenvalue weighted by Crippen LogP contribution is 2.40. The van der Waals surface area contributed by atoms with Crippen LogP contribution in [0.1, 0.15) is 0 Å². The summed E-state index contributed by atoms with van der Waals surface area (Å²) in [6.07, 6.45) is 0. The molecule has 0 fully saturated rings. The molecular weight excluding hydrogens is 390 g/mol. The molecule has 3 aromatic rings. The van der Waals surface area contributed by atoms with Gasteiger partial charge in [-0.1, -0.05) is 35.3 Å². The van der Waals surface area contributed by atoms with Gasteiger partial charge in [0.1, 0.15) is 0 Å². The van der Waals surface area contributed by atoms with Crippen LogP contribution in [0.4, 0.5) is 13.2 Å². The number of benzene rings is 2. The molecule has 0 spiro atoms. The van der Waals surface area contributed by atoms with E-state index in [-0.39, 0.29) is 31.9 Å². The number of pyridine rings is 1. The van der Waals surface area contributed by atoms with Gasteiger partial charge in [0.15, 0.2) is 5.75 Å². The largest absolute Gasteiger partial charge is 0.534 e. The summed E-state index contributed by atoms with van der Waals surface area (Å²) in [6.45, 7) is 0. The first-order valence-electron chi connectivity index (χ1n) is 6.29. The normalized spacial score (nSPS) is 12.7. The monoisotopic (exact) mass is 395 g/mol. The maximum absolute atomic E-state index is 12.7. The second-order valence-electron chi connectivity index (χ2n) is 4.70. The molecule has 0 aliphatic rings. The minimum atomic E-state index is -5.87. The van der Waals surface area contributed by atoms with Gasteiger partial charge in [0.25, 0.3) is 0 Å². The first-order chi connectivity index (χ1) is 11.1. The van der Waals surface area contributed by atoms with Gasteiger partial charge < -0.3 is 4.18 Å². The zero-order chi connectivity index (χ0) is 17.7. The molecule has 0 unspecified atom stereocenters. The maximum atomic E-state index is 12.7. The third-order valence-electron chi connectivity index (χ3n) is 3.16. The van der Waals surface area contributed by atoms with E-state index in [4.69, 9.17) is 23.2 Å². The first-order valence-corrected chi connectivity index (χ1v) is 8.45. The molecule has 0 radical (unpaired) electrons. The van der Waals surface area contributed by atoms with E-state index in [0.717, 1.165) is 0 Å². The van der Waals surface area contributed by atoms with E-state index in [1.165, 1.54) is 36.4 Å². The molecule has 0 aliphatic heterocycles. The molecular formula is C14H6Cl2F3NO3S. The standard InChI is InChI=1S/C14H6Cl2F3NO3S/c15-9-5-1-3-7-11(9)20-12-8(4-2-6-10(12)16)13(7)23-24(21,22)14(17,18)19/h1-6H. The summed E-state index contributed by atoms with van der Waals surface area (Å²) < 4.78 is 65.4. The Hall–Kier alpha value is -1.77. The summed E-state index contributed by atoms with van der Waals surface area (Å²) in [5.41, 5.74) is -5.43. The number of rotatable bonds is 2. The summed E-state index contributed by atoms with van der Waals surface area (Å²) in [5, 5.41) is 0.266. The van der Waals surface area contributed by atoms with E-state index in [0.29, 0.717) is 0 Å². The highest BCUT2D eigenvalue weighted by molar-refractivity contribution is 7.88. The SMILES string of the molecule is O=S(=O)(Oc1c2cccc(Cl)c2nc2c(Cl)cccc12)C(F)(F)F. The molecule has 10 heteroatoms. The molecule has 0 bridgehead atoms. The Kier molecular flexibility index (Phi) is 4.01. The van der Waals surface area contributed by atoms with E-state index in [1.807, 2.05) is 0 Å². The molecule has 2 aromatic carbocycles. The van der Waals surface area contributed by atoms with Crippen LogP contribution in [-0.2, 0) is 10.1 Å². The lowest BCUT2D eigenvalue weighted by Gasteiger charge is -2.14. The van der Waals surface area contributed by atoms with Crippen molar-refractivity contribution in [1.82, 2.24) is 4.98 Å². The van der Waals surface area contributed by atoms with E-state index in [2.05, 4.69) is 9.17 Å². The van der Waals surface area contributed by atoms with Gasteiger partial charge in [-0.3, -0.25) is 0 Å². The number of para-hydroxylation sites is 2. The Labute approximate surface area is 143 Å². The summed E-state index contributed by atoms with van der Waals surface area (Å²) in [6, 6.07) is 8.51. The minimum Gasteiger partial charge on any atom is -0.375 e. The Bertz CT molecular complexity index is 1010. The zero-order valence-electron chi connectivity index (χ0n) is 11.4. The third-order valence-corrected chi connectivity index (χ3v) is 4.73. The summed E-state index contributed by atoms with van der Waals surface area (Å²) in [7, 11) is -5.87. The van der Waals surface area contributed by atoms with Crippen molar-refractivity contribution in [2.75, 3.05) is 0 Å². The van der Waals surface area contributed by atoms with Crippen LogP contribution in [0.25, 0.3) is 21.8 Å². The third kappa shape index (κ3) is 2.74. The fourth-order valence-corrected chi connectivity index (χ4v) is 3.06. The van der Waals surface area contributed by atoms with E-state index >= 15 is 0 Å². The number of nitrogens with zero attached hydrogens (tertiary/aromatic N) is 1. The lowest BCUT2D eigenvalue weighted by molar-refractivity contribution is -0.0499. The molecule has 126 valence electrons. The Balaban J connectivity index is 2.43. The molecule has 0 N–H and O–H groups in total. The molecule has 1 heterocycles. The average Bonchev–Trinajstić information content (AvgIpc) is 2.47. The summed E-state index contributed by atoms with van der Waals surface area (Å²) in [5.74, 6) is -0.530. The van der Waals surface area contributed by atoms with Crippen molar-refractivity contribution in [2.45, 2.75) is 5.51 Å². The van der Waals surface area contributed by atoms with Gasteiger partial charge in [0.05, 0.1) is 21.1 Å². The number of halogens is 5. The Morgan fingerprint density at radius 3 is 1.79 bits per heavy atom. The van der Waals surface area contributed by atoms with Gasteiger partial charge >= 0.3 is 15.6 Å². The van der Waals surface area contributed by atoms with E-state index in [1.54, 1.807) is 0 Å². The average molecular weight is 396 g/mol. The van der Waals surface area contributed by atoms with Gasteiger partial charge in [0.2, 0.25) is 0 Å². The molecule has 3 rings (SSSR count). The van der Waals surface area contributed by atoms with Gasteiger partial charge in [-0.2, -0.15) is 21.6 Å². The molecule has 0 aliphatic carbocycles. The predicted octanol–water partition coefficient (Wildman–Crippen LogP) is 4.92. The van der Waals surface area contributed by atoms with Crippen LogP contribution in [0.5, 0.6) is 5.75 Å². The van der Waals surface area contributed by atoms with Gasteiger partial charge in [-0.25, -0.2) is 4.98 Å². The van der Waals surface area contributed by atoms with Crippen LogP contribution in [-0.4, -0.2) is 18.9 Å². The van der Waals surface area contributed by atoms with Crippen molar-refractivity contribution in [1.29, 1.82) is 0 Å². The number of aromatic nitrogens is 1. The predicted molar refractivity (Wildman–Crippen MR) is 84.9 cm³/mol. The van der Waals surface area contributed by atoms with Crippen LogP contribution in [0, 0.1) is 0 Å². The maximum Gasteiger partial charge on any atom is 0.534 e. The van der Waals surface area contributed by atoms with E-state index < -0.39 is 21.4 Å². The minimum absolute atomic E-state index is 0.0186. The van der Waals surface area contributed by atoms with Crippen LogP contribution in [0.15, 0.2) is 36.4 Å². The van der Waals surface area contributed by atoms with Crippen LogP contribution in [0.3, 0.4) is 0 Å². The second kappa shape index (κ2) is 5.65. The van der Waals surface area contributed by atoms with Crippen molar-refractivity contribution < 1.29 is 25.8 Å². The van der Waals surface area contributed by atoms with E-state index in [9.17, 15) is 21.6 Å².